The maximum Gasteiger partial charge on any atom is 0.128 e. The first-order valence-corrected chi connectivity index (χ1v) is 6.57. The van der Waals surface area contributed by atoms with Crippen molar-refractivity contribution in [1.82, 2.24) is 0 Å². The van der Waals surface area contributed by atoms with Crippen LogP contribution in [0.15, 0.2) is 22.7 Å². The number of aliphatic hydroxyl groups excluding tert-OH is 1. The van der Waals surface area contributed by atoms with Gasteiger partial charge in [-0.05, 0) is 31.0 Å². The second kappa shape index (κ2) is 4.34. The Kier molecular flexibility index (Phi) is 3.31. The number of hydrogen-bond acceptors (Lipinski definition) is 2. The fourth-order valence-electron chi connectivity index (χ4n) is 2.80. The molecule has 2 atom stereocenters. The van der Waals surface area contributed by atoms with Crippen LogP contribution >= 0.6 is 15.9 Å². The van der Waals surface area contributed by atoms with Crippen molar-refractivity contribution in [3.63, 3.8) is 0 Å². The standard InChI is InChI=1S/C13H17BrFNO/c1-12(8-17)5-2-6-13(12,16)10-7-9(14)3-4-11(10)15/h3-4,7,17H,2,5-6,8,16H2,1H3/t12-,13+/m0/s1. The quantitative estimate of drug-likeness (QED) is 0.882. The maximum absolute atomic E-state index is 14.0. The number of rotatable bonds is 2. The van der Waals surface area contributed by atoms with Gasteiger partial charge in [0.25, 0.3) is 0 Å². The van der Waals surface area contributed by atoms with Crippen LogP contribution in [0.4, 0.5) is 4.39 Å². The molecule has 1 saturated carbocycles. The average molecular weight is 302 g/mol. The minimum absolute atomic E-state index is 0.0184. The third kappa shape index (κ3) is 1.92. The summed E-state index contributed by atoms with van der Waals surface area (Å²) >= 11 is 3.34. The molecule has 1 aliphatic carbocycles. The SMILES string of the molecule is C[C@@]1(CO)CCC[C@@]1(N)c1cc(Br)ccc1F. The Balaban J connectivity index is 2.54. The van der Waals surface area contributed by atoms with E-state index in [1.165, 1.54) is 6.07 Å². The van der Waals surface area contributed by atoms with Crippen LogP contribution in [-0.2, 0) is 5.54 Å². The Morgan fingerprint density at radius 1 is 1.47 bits per heavy atom. The monoisotopic (exact) mass is 301 g/mol. The second-order valence-corrected chi connectivity index (χ2v) is 6.08. The van der Waals surface area contributed by atoms with Crippen LogP contribution in [0.3, 0.4) is 0 Å². The van der Waals surface area contributed by atoms with Gasteiger partial charge in [0, 0.05) is 15.5 Å². The van der Waals surface area contributed by atoms with Gasteiger partial charge < -0.3 is 10.8 Å². The van der Waals surface area contributed by atoms with Crippen LogP contribution in [0, 0.1) is 11.2 Å². The molecule has 3 N–H and O–H groups in total. The average Bonchev–Trinajstić information content (AvgIpc) is 2.60. The summed E-state index contributed by atoms with van der Waals surface area (Å²) in [6.45, 7) is 1.91. The summed E-state index contributed by atoms with van der Waals surface area (Å²) in [5.74, 6) is -0.294. The third-order valence-electron chi connectivity index (χ3n) is 4.13. The lowest BCUT2D eigenvalue weighted by Gasteiger charge is -2.40. The zero-order chi connectivity index (χ0) is 12.7. The molecular formula is C13H17BrFNO. The highest BCUT2D eigenvalue weighted by molar-refractivity contribution is 9.10. The van der Waals surface area contributed by atoms with E-state index in [0.717, 1.165) is 17.3 Å². The number of halogens is 2. The van der Waals surface area contributed by atoms with Gasteiger partial charge >= 0.3 is 0 Å². The van der Waals surface area contributed by atoms with Gasteiger partial charge in [-0.2, -0.15) is 0 Å². The van der Waals surface area contributed by atoms with Crippen LogP contribution in [0.5, 0.6) is 0 Å². The predicted molar refractivity (Wildman–Crippen MR) is 69.0 cm³/mol. The fraction of sp³-hybridized carbons (Fsp3) is 0.538. The molecule has 0 radical (unpaired) electrons. The Bertz CT molecular complexity index is 439. The first-order valence-electron chi connectivity index (χ1n) is 5.78. The van der Waals surface area contributed by atoms with Gasteiger partial charge in [0.1, 0.15) is 5.82 Å². The zero-order valence-electron chi connectivity index (χ0n) is 9.84. The Labute approximate surface area is 109 Å². The van der Waals surface area contributed by atoms with Gasteiger partial charge in [0.05, 0.1) is 12.1 Å². The minimum Gasteiger partial charge on any atom is -0.396 e. The van der Waals surface area contributed by atoms with Crippen LogP contribution in [0.25, 0.3) is 0 Å². The van der Waals surface area contributed by atoms with Crippen molar-refractivity contribution in [2.45, 2.75) is 31.7 Å². The summed E-state index contributed by atoms with van der Waals surface area (Å²) in [6.07, 6.45) is 2.45. The highest BCUT2D eigenvalue weighted by Gasteiger charge is 2.51. The first-order chi connectivity index (χ1) is 7.93. The number of hydrogen-bond donors (Lipinski definition) is 2. The normalized spacial score (nSPS) is 33.0. The summed E-state index contributed by atoms with van der Waals surface area (Å²) in [4.78, 5) is 0. The Morgan fingerprint density at radius 3 is 2.82 bits per heavy atom. The lowest BCUT2D eigenvalue weighted by Crippen LogP contribution is -2.49. The van der Waals surface area contributed by atoms with Gasteiger partial charge in [-0.15, -0.1) is 0 Å². The molecule has 0 heterocycles. The molecule has 17 heavy (non-hydrogen) atoms. The Hall–Kier alpha value is -0.450. The second-order valence-electron chi connectivity index (χ2n) is 5.17. The molecule has 0 saturated heterocycles. The van der Waals surface area contributed by atoms with Crippen molar-refractivity contribution >= 4 is 15.9 Å². The van der Waals surface area contributed by atoms with Crippen LogP contribution in [0.1, 0.15) is 31.7 Å². The van der Waals surface area contributed by atoms with Gasteiger partial charge in [-0.3, -0.25) is 0 Å². The maximum atomic E-state index is 14.0. The third-order valence-corrected chi connectivity index (χ3v) is 4.63. The fourth-order valence-corrected chi connectivity index (χ4v) is 3.16. The van der Waals surface area contributed by atoms with E-state index >= 15 is 0 Å². The molecule has 0 aromatic heterocycles. The van der Waals surface area contributed by atoms with Crippen molar-refractivity contribution in [3.05, 3.63) is 34.1 Å². The lowest BCUT2D eigenvalue weighted by atomic mass is 9.70. The zero-order valence-corrected chi connectivity index (χ0v) is 11.4. The minimum atomic E-state index is -0.782. The number of benzene rings is 1. The highest BCUT2D eigenvalue weighted by atomic mass is 79.9. The molecule has 0 unspecified atom stereocenters. The van der Waals surface area contributed by atoms with E-state index in [4.69, 9.17) is 5.73 Å². The molecule has 1 aromatic rings. The van der Waals surface area contributed by atoms with E-state index in [0.29, 0.717) is 12.0 Å². The molecule has 2 nitrogen and oxygen atoms in total. The summed E-state index contributed by atoms with van der Waals surface area (Å²) in [7, 11) is 0. The summed E-state index contributed by atoms with van der Waals surface area (Å²) in [5, 5.41) is 9.57. The number of nitrogens with two attached hydrogens (primary N) is 1. The van der Waals surface area contributed by atoms with Gasteiger partial charge in [0.2, 0.25) is 0 Å². The summed E-state index contributed by atoms with van der Waals surface area (Å²) < 4.78 is 14.8. The summed E-state index contributed by atoms with van der Waals surface area (Å²) in [6, 6.07) is 4.81. The predicted octanol–water partition coefficient (Wildman–Crippen LogP) is 2.92. The molecule has 1 aliphatic rings. The van der Waals surface area contributed by atoms with E-state index in [2.05, 4.69) is 15.9 Å². The molecule has 94 valence electrons. The van der Waals surface area contributed by atoms with Crippen molar-refractivity contribution in [1.29, 1.82) is 0 Å². The molecule has 0 bridgehead atoms. The Morgan fingerprint density at radius 2 is 2.18 bits per heavy atom. The number of aliphatic hydroxyl groups is 1. The van der Waals surface area contributed by atoms with Gasteiger partial charge in [-0.25, -0.2) is 4.39 Å². The van der Waals surface area contributed by atoms with Gasteiger partial charge in [0.15, 0.2) is 0 Å². The van der Waals surface area contributed by atoms with Crippen molar-refractivity contribution in [2.24, 2.45) is 11.1 Å². The molecule has 0 amide bonds. The van der Waals surface area contributed by atoms with E-state index in [1.807, 2.05) is 6.92 Å². The molecule has 0 spiro atoms. The molecule has 0 aliphatic heterocycles. The van der Waals surface area contributed by atoms with Crippen LogP contribution in [0.2, 0.25) is 0 Å². The van der Waals surface area contributed by atoms with E-state index in [1.54, 1.807) is 12.1 Å². The molecule has 1 aromatic carbocycles. The molecular weight excluding hydrogens is 285 g/mol. The van der Waals surface area contributed by atoms with Gasteiger partial charge in [-0.1, -0.05) is 29.3 Å². The topological polar surface area (TPSA) is 46.2 Å². The van der Waals surface area contributed by atoms with Crippen molar-refractivity contribution in [2.75, 3.05) is 6.61 Å². The highest BCUT2D eigenvalue weighted by Crippen LogP contribution is 2.51. The van der Waals surface area contributed by atoms with E-state index in [-0.39, 0.29) is 12.4 Å². The largest absolute Gasteiger partial charge is 0.396 e. The smallest absolute Gasteiger partial charge is 0.128 e. The first kappa shape index (κ1) is 13.0. The van der Waals surface area contributed by atoms with Crippen molar-refractivity contribution < 1.29 is 9.50 Å². The van der Waals surface area contributed by atoms with Crippen LogP contribution in [-0.4, -0.2) is 11.7 Å². The van der Waals surface area contributed by atoms with Crippen molar-refractivity contribution in [3.8, 4) is 0 Å². The molecule has 2 rings (SSSR count). The lowest BCUT2D eigenvalue weighted by molar-refractivity contribution is 0.0775. The molecule has 4 heteroatoms. The van der Waals surface area contributed by atoms with Crippen LogP contribution < -0.4 is 5.73 Å². The van der Waals surface area contributed by atoms with E-state index in [9.17, 15) is 9.50 Å². The molecule has 1 fully saturated rings. The van der Waals surface area contributed by atoms with E-state index < -0.39 is 11.0 Å². The summed E-state index contributed by atoms with van der Waals surface area (Å²) in [5.41, 5.74) is 5.69.